The third kappa shape index (κ3) is 3.85. The zero-order valence-corrected chi connectivity index (χ0v) is 12.4. The minimum atomic E-state index is 0.473. The van der Waals surface area contributed by atoms with Gasteiger partial charge in [0, 0.05) is 23.6 Å². The Morgan fingerprint density at radius 1 is 1.47 bits per heavy atom. The average molecular weight is 284 g/mol. The fraction of sp³-hybridized carbons (Fsp3) is 0.600. The minimum absolute atomic E-state index is 0.473. The Kier molecular flexibility index (Phi) is 5.49. The van der Waals surface area contributed by atoms with Crippen LogP contribution in [-0.4, -0.2) is 32.9 Å². The Labute approximate surface area is 120 Å². The van der Waals surface area contributed by atoms with Crippen LogP contribution < -0.4 is 10.1 Å². The molecule has 0 amide bonds. The number of nitrogens with one attached hydrogen (secondary N) is 1. The summed E-state index contributed by atoms with van der Waals surface area (Å²) in [6, 6.07) is 6.31. The van der Waals surface area contributed by atoms with Gasteiger partial charge < -0.3 is 14.8 Å². The van der Waals surface area contributed by atoms with E-state index in [0.717, 1.165) is 48.9 Å². The molecule has 0 bridgehead atoms. The van der Waals surface area contributed by atoms with E-state index in [1.807, 2.05) is 18.2 Å². The Balaban J connectivity index is 2.11. The highest BCUT2D eigenvalue weighted by atomic mass is 35.5. The normalized spacial score (nSPS) is 23.3. The zero-order valence-electron chi connectivity index (χ0n) is 11.6. The molecule has 1 aromatic rings. The molecule has 1 saturated heterocycles. The second-order valence-corrected chi connectivity index (χ2v) is 5.38. The van der Waals surface area contributed by atoms with Crippen LogP contribution in [0.1, 0.15) is 18.9 Å². The highest BCUT2D eigenvalue weighted by Gasteiger charge is 2.26. The summed E-state index contributed by atoms with van der Waals surface area (Å²) in [5.74, 6) is 1.38. The van der Waals surface area contributed by atoms with Crippen LogP contribution in [0.3, 0.4) is 0 Å². The summed E-state index contributed by atoms with van der Waals surface area (Å²) in [6.07, 6.45) is 2.00. The zero-order chi connectivity index (χ0) is 13.7. The van der Waals surface area contributed by atoms with Crippen molar-refractivity contribution in [1.29, 1.82) is 0 Å². The molecule has 19 heavy (non-hydrogen) atoms. The van der Waals surface area contributed by atoms with Gasteiger partial charge in [0.2, 0.25) is 0 Å². The van der Waals surface area contributed by atoms with Gasteiger partial charge in [-0.1, -0.05) is 18.5 Å². The van der Waals surface area contributed by atoms with Gasteiger partial charge in [0.25, 0.3) is 0 Å². The summed E-state index contributed by atoms with van der Waals surface area (Å²) in [4.78, 5) is 0. The Hall–Kier alpha value is -0.770. The van der Waals surface area contributed by atoms with E-state index >= 15 is 0 Å². The van der Waals surface area contributed by atoms with Crippen LogP contribution in [0.15, 0.2) is 18.2 Å². The van der Waals surface area contributed by atoms with Gasteiger partial charge in [0.05, 0.1) is 13.7 Å². The van der Waals surface area contributed by atoms with Gasteiger partial charge in [0.1, 0.15) is 5.75 Å². The average Bonchev–Trinajstić information content (AvgIpc) is 2.42. The largest absolute Gasteiger partial charge is 0.496 e. The van der Waals surface area contributed by atoms with Crippen molar-refractivity contribution in [1.82, 2.24) is 5.32 Å². The van der Waals surface area contributed by atoms with E-state index < -0.39 is 0 Å². The smallest absolute Gasteiger partial charge is 0.122 e. The van der Waals surface area contributed by atoms with Crippen LogP contribution in [0, 0.1) is 5.92 Å². The van der Waals surface area contributed by atoms with Gasteiger partial charge in [-0.3, -0.25) is 0 Å². The van der Waals surface area contributed by atoms with Crippen LogP contribution in [0.5, 0.6) is 5.75 Å². The molecule has 0 saturated carbocycles. The molecule has 0 aromatic heterocycles. The van der Waals surface area contributed by atoms with Crippen LogP contribution in [0.4, 0.5) is 0 Å². The van der Waals surface area contributed by atoms with Crippen molar-refractivity contribution in [2.75, 3.05) is 26.9 Å². The Morgan fingerprint density at radius 2 is 2.32 bits per heavy atom. The molecule has 2 rings (SSSR count). The van der Waals surface area contributed by atoms with E-state index in [-0.39, 0.29) is 0 Å². The van der Waals surface area contributed by atoms with Crippen molar-refractivity contribution < 1.29 is 9.47 Å². The fourth-order valence-electron chi connectivity index (χ4n) is 2.72. The van der Waals surface area contributed by atoms with Gasteiger partial charge in [-0.25, -0.2) is 0 Å². The first kappa shape index (κ1) is 14.6. The highest BCUT2D eigenvalue weighted by molar-refractivity contribution is 6.30. The molecule has 106 valence electrons. The number of ether oxygens (including phenoxy) is 2. The van der Waals surface area contributed by atoms with Crippen LogP contribution in [-0.2, 0) is 11.2 Å². The van der Waals surface area contributed by atoms with Crippen molar-refractivity contribution in [2.45, 2.75) is 25.8 Å². The van der Waals surface area contributed by atoms with Crippen LogP contribution in [0.25, 0.3) is 0 Å². The summed E-state index contributed by atoms with van der Waals surface area (Å²) in [7, 11) is 1.70. The molecule has 4 heteroatoms. The number of methoxy groups -OCH3 is 1. The lowest BCUT2D eigenvalue weighted by Gasteiger charge is -2.32. The standard InChI is InChI=1S/C15H22ClNO2/c1-3-17-14-6-7-19-10-12(14)8-11-9-13(16)4-5-15(11)18-2/h4-5,9,12,14,17H,3,6-8,10H2,1-2H3. The molecule has 0 aliphatic carbocycles. The lowest BCUT2D eigenvalue weighted by molar-refractivity contribution is 0.0325. The molecule has 1 aliphatic rings. The van der Waals surface area contributed by atoms with Crippen molar-refractivity contribution >= 4 is 11.6 Å². The second kappa shape index (κ2) is 7.13. The molecule has 2 unspecified atom stereocenters. The quantitative estimate of drug-likeness (QED) is 0.901. The van der Waals surface area contributed by atoms with E-state index in [0.29, 0.717) is 12.0 Å². The number of halogens is 1. The summed E-state index contributed by atoms with van der Waals surface area (Å²) in [5, 5.41) is 4.31. The molecule has 0 radical (unpaired) electrons. The lowest BCUT2D eigenvalue weighted by atomic mass is 9.89. The summed E-state index contributed by atoms with van der Waals surface area (Å²) < 4.78 is 11.0. The lowest BCUT2D eigenvalue weighted by Crippen LogP contribution is -2.43. The molecule has 1 fully saturated rings. The molecule has 1 aliphatic heterocycles. The molecule has 0 spiro atoms. The summed E-state index contributed by atoms with van der Waals surface area (Å²) >= 11 is 6.09. The molecule has 3 nitrogen and oxygen atoms in total. The minimum Gasteiger partial charge on any atom is -0.496 e. The van der Waals surface area contributed by atoms with Gasteiger partial charge in [-0.15, -0.1) is 0 Å². The van der Waals surface area contributed by atoms with E-state index in [2.05, 4.69) is 12.2 Å². The molecule has 1 heterocycles. The third-order valence-corrected chi connectivity index (χ3v) is 3.90. The van der Waals surface area contributed by atoms with Crippen LogP contribution in [0.2, 0.25) is 5.02 Å². The van der Waals surface area contributed by atoms with Gasteiger partial charge >= 0.3 is 0 Å². The Morgan fingerprint density at radius 3 is 3.05 bits per heavy atom. The first-order chi connectivity index (χ1) is 9.24. The molecular formula is C15H22ClNO2. The summed E-state index contributed by atoms with van der Waals surface area (Å²) in [5.41, 5.74) is 1.16. The van der Waals surface area contributed by atoms with E-state index in [1.54, 1.807) is 7.11 Å². The van der Waals surface area contributed by atoms with Gasteiger partial charge in [-0.05, 0) is 43.1 Å². The van der Waals surface area contributed by atoms with Crippen molar-refractivity contribution in [3.63, 3.8) is 0 Å². The van der Waals surface area contributed by atoms with Gasteiger partial charge in [-0.2, -0.15) is 0 Å². The number of hydrogen-bond donors (Lipinski definition) is 1. The number of hydrogen-bond acceptors (Lipinski definition) is 3. The maximum atomic E-state index is 6.09. The van der Waals surface area contributed by atoms with Crippen LogP contribution >= 0.6 is 11.6 Å². The first-order valence-corrected chi connectivity index (χ1v) is 7.26. The molecule has 1 N–H and O–H groups in total. The monoisotopic (exact) mass is 283 g/mol. The maximum absolute atomic E-state index is 6.09. The van der Waals surface area contributed by atoms with E-state index in [1.165, 1.54) is 0 Å². The van der Waals surface area contributed by atoms with Crippen molar-refractivity contribution in [3.8, 4) is 5.75 Å². The van der Waals surface area contributed by atoms with Gasteiger partial charge in [0.15, 0.2) is 0 Å². The fourth-order valence-corrected chi connectivity index (χ4v) is 2.91. The second-order valence-electron chi connectivity index (χ2n) is 4.95. The predicted molar refractivity (Wildman–Crippen MR) is 78.1 cm³/mol. The van der Waals surface area contributed by atoms with E-state index in [9.17, 15) is 0 Å². The molecule has 1 aromatic carbocycles. The van der Waals surface area contributed by atoms with Crippen molar-refractivity contribution in [2.24, 2.45) is 5.92 Å². The molecule has 2 atom stereocenters. The Bertz CT molecular complexity index is 409. The van der Waals surface area contributed by atoms with E-state index in [4.69, 9.17) is 21.1 Å². The number of benzene rings is 1. The SMILES string of the molecule is CCNC1CCOCC1Cc1cc(Cl)ccc1OC. The first-order valence-electron chi connectivity index (χ1n) is 6.88. The predicted octanol–water partition coefficient (Wildman–Crippen LogP) is 2.91. The summed E-state index contributed by atoms with van der Waals surface area (Å²) in [6.45, 7) is 4.79. The van der Waals surface area contributed by atoms with Crippen molar-refractivity contribution in [3.05, 3.63) is 28.8 Å². The highest BCUT2D eigenvalue weighted by Crippen LogP contribution is 2.28. The topological polar surface area (TPSA) is 30.5 Å². The number of rotatable bonds is 5. The third-order valence-electron chi connectivity index (χ3n) is 3.67. The molecular weight excluding hydrogens is 262 g/mol. The maximum Gasteiger partial charge on any atom is 0.122 e.